The first-order valence-electron chi connectivity index (χ1n) is 6.25. The second-order valence-electron chi connectivity index (χ2n) is 4.38. The Morgan fingerprint density at radius 1 is 1.05 bits per heavy atom. The van der Waals surface area contributed by atoms with Gasteiger partial charge >= 0.3 is 0 Å². The van der Waals surface area contributed by atoms with Gasteiger partial charge in [-0.25, -0.2) is 0 Å². The van der Waals surface area contributed by atoms with E-state index in [4.69, 9.17) is 21.1 Å². The van der Waals surface area contributed by atoms with Crippen molar-refractivity contribution in [3.8, 4) is 11.5 Å². The number of methoxy groups -OCH3 is 2. The van der Waals surface area contributed by atoms with Crippen LogP contribution in [0.3, 0.4) is 0 Å². The molecule has 0 heterocycles. The van der Waals surface area contributed by atoms with Crippen LogP contribution < -0.4 is 9.47 Å². The van der Waals surface area contributed by atoms with Gasteiger partial charge in [-0.3, -0.25) is 0 Å². The maximum Gasteiger partial charge on any atom is 0.161 e. The second kappa shape index (κ2) is 7.00. The summed E-state index contributed by atoms with van der Waals surface area (Å²) >= 11 is 9.91. The molecule has 0 bridgehead atoms. The zero-order valence-electron chi connectivity index (χ0n) is 11.4. The number of benzene rings is 2. The van der Waals surface area contributed by atoms with Crippen molar-refractivity contribution in [1.82, 2.24) is 0 Å². The number of alkyl halides is 1. The van der Waals surface area contributed by atoms with Gasteiger partial charge in [0, 0.05) is 9.85 Å². The minimum atomic E-state index is 0.169. The lowest BCUT2D eigenvalue weighted by Gasteiger charge is -2.14. The molecule has 0 aliphatic carbocycles. The van der Waals surface area contributed by atoms with E-state index < -0.39 is 0 Å². The SMILES string of the molecule is COc1ccc(C(Br)Cc2ccccc2Cl)cc1OC. The highest BCUT2D eigenvalue weighted by Crippen LogP contribution is 2.35. The average Bonchev–Trinajstić information content (AvgIpc) is 2.48. The summed E-state index contributed by atoms with van der Waals surface area (Å²) < 4.78 is 10.6. The zero-order valence-corrected chi connectivity index (χ0v) is 13.7. The predicted molar refractivity (Wildman–Crippen MR) is 86.4 cm³/mol. The first kappa shape index (κ1) is 15.2. The number of halogens is 2. The highest BCUT2D eigenvalue weighted by molar-refractivity contribution is 9.09. The Labute approximate surface area is 132 Å². The van der Waals surface area contributed by atoms with Crippen molar-refractivity contribution in [3.63, 3.8) is 0 Å². The third-order valence-electron chi connectivity index (χ3n) is 3.13. The molecule has 2 aromatic rings. The summed E-state index contributed by atoms with van der Waals surface area (Å²) in [5, 5.41) is 0.789. The summed E-state index contributed by atoms with van der Waals surface area (Å²) in [5.74, 6) is 1.46. The molecule has 0 fully saturated rings. The Hall–Kier alpha value is -1.19. The van der Waals surface area contributed by atoms with Crippen molar-refractivity contribution >= 4 is 27.5 Å². The average molecular weight is 356 g/mol. The van der Waals surface area contributed by atoms with Crippen molar-refractivity contribution in [2.24, 2.45) is 0 Å². The summed E-state index contributed by atoms with van der Waals surface area (Å²) in [7, 11) is 3.27. The van der Waals surface area contributed by atoms with E-state index in [-0.39, 0.29) is 4.83 Å². The van der Waals surface area contributed by atoms with Gasteiger partial charge < -0.3 is 9.47 Å². The highest BCUT2D eigenvalue weighted by Gasteiger charge is 2.13. The van der Waals surface area contributed by atoms with Crippen LogP contribution in [0, 0.1) is 0 Å². The van der Waals surface area contributed by atoms with E-state index in [1.165, 1.54) is 0 Å². The van der Waals surface area contributed by atoms with E-state index in [1.54, 1.807) is 14.2 Å². The van der Waals surface area contributed by atoms with Gasteiger partial charge in [-0.15, -0.1) is 0 Å². The van der Waals surface area contributed by atoms with Crippen LogP contribution in [0.1, 0.15) is 16.0 Å². The maximum atomic E-state index is 6.20. The van der Waals surface area contributed by atoms with Crippen LogP contribution in [0.5, 0.6) is 11.5 Å². The molecule has 2 aromatic carbocycles. The van der Waals surface area contributed by atoms with Crippen LogP contribution in [0.2, 0.25) is 5.02 Å². The van der Waals surface area contributed by atoms with Crippen LogP contribution in [0.4, 0.5) is 0 Å². The van der Waals surface area contributed by atoms with E-state index in [0.29, 0.717) is 0 Å². The molecular formula is C16H16BrClO2. The molecule has 0 spiro atoms. The third-order valence-corrected chi connectivity index (χ3v) is 4.35. The van der Waals surface area contributed by atoms with E-state index >= 15 is 0 Å². The molecule has 4 heteroatoms. The van der Waals surface area contributed by atoms with Crippen molar-refractivity contribution in [2.45, 2.75) is 11.2 Å². The Morgan fingerprint density at radius 2 is 1.75 bits per heavy atom. The molecule has 0 aliphatic rings. The van der Waals surface area contributed by atoms with Gasteiger partial charge in [0.25, 0.3) is 0 Å². The molecule has 0 N–H and O–H groups in total. The molecule has 0 saturated carbocycles. The monoisotopic (exact) mass is 354 g/mol. The molecule has 106 valence electrons. The topological polar surface area (TPSA) is 18.5 Å². The lowest BCUT2D eigenvalue weighted by molar-refractivity contribution is 0.354. The smallest absolute Gasteiger partial charge is 0.161 e. The van der Waals surface area contributed by atoms with Gasteiger partial charge in [0.1, 0.15) is 0 Å². The summed E-state index contributed by atoms with van der Waals surface area (Å²) in [6.45, 7) is 0. The van der Waals surface area contributed by atoms with Crippen LogP contribution in [-0.4, -0.2) is 14.2 Å². The van der Waals surface area contributed by atoms with Gasteiger partial charge in [-0.05, 0) is 35.7 Å². The van der Waals surface area contributed by atoms with Crippen molar-refractivity contribution in [1.29, 1.82) is 0 Å². The largest absolute Gasteiger partial charge is 0.493 e. The van der Waals surface area contributed by atoms with Crippen LogP contribution >= 0.6 is 27.5 Å². The van der Waals surface area contributed by atoms with Gasteiger partial charge in [0.05, 0.1) is 14.2 Å². The zero-order chi connectivity index (χ0) is 14.5. The van der Waals surface area contributed by atoms with Crippen molar-refractivity contribution in [3.05, 3.63) is 58.6 Å². The number of hydrogen-bond acceptors (Lipinski definition) is 2. The molecule has 1 atom stereocenters. The van der Waals surface area contributed by atoms with E-state index in [0.717, 1.165) is 34.1 Å². The fourth-order valence-electron chi connectivity index (χ4n) is 2.02. The fourth-order valence-corrected chi connectivity index (χ4v) is 2.87. The molecule has 0 radical (unpaired) electrons. The van der Waals surface area contributed by atoms with Crippen LogP contribution in [-0.2, 0) is 6.42 Å². The minimum Gasteiger partial charge on any atom is -0.493 e. The van der Waals surface area contributed by atoms with Gasteiger partial charge in [0.2, 0.25) is 0 Å². The number of ether oxygens (including phenoxy) is 2. The Kier molecular flexibility index (Phi) is 5.32. The molecule has 1 unspecified atom stereocenters. The quantitative estimate of drug-likeness (QED) is 0.700. The lowest BCUT2D eigenvalue weighted by Crippen LogP contribution is -1.98. The molecule has 0 saturated heterocycles. The Bertz CT molecular complexity index is 586. The van der Waals surface area contributed by atoms with Crippen molar-refractivity contribution < 1.29 is 9.47 Å². The van der Waals surface area contributed by atoms with Gasteiger partial charge in [-0.2, -0.15) is 0 Å². The van der Waals surface area contributed by atoms with E-state index in [2.05, 4.69) is 15.9 Å². The molecular weight excluding hydrogens is 340 g/mol. The summed E-state index contributed by atoms with van der Waals surface area (Å²) in [5.41, 5.74) is 2.24. The van der Waals surface area contributed by atoms with E-state index in [9.17, 15) is 0 Å². The molecule has 2 nitrogen and oxygen atoms in total. The fraction of sp³-hybridized carbons (Fsp3) is 0.250. The second-order valence-corrected chi connectivity index (χ2v) is 5.89. The number of hydrogen-bond donors (Lipinski definition) is 0. The maximum absolute atomic E-state index is 6.20. The minimum absolute atomic E-state index is 0.169. The number of rotatable bonds is 5. The van der Waals surface area contributed by atoms with E-state index in [1.807, 2.05) is 42.5 Å². The first-order chi connectivity index (χ1) is 9.65. The first-order valence-corrected chi connectivity index (χ1v) is 7.54. The van der Waals surface area contributed by atoms with Crippen LogP contribution in [0.15, 0.2) is 42.5 Å². The predicted octanol–water partition coefficient (Wildman–Crippen LogP) is 5.04. The normalized spacial score (nSPS) is 12.0. The molecule has 0 amide bonds. The third kappa shape index (κ3) is 3.47. The standard InChI is InChI=1S/C16H16BrClO2/c1-19-15-8-7-11(10-16(15)20-2)13(17)9-12-5-3-4-6-14(12)18/h3-8,10,13H,9H2,1-2H3. The van der Waals surface area contributed by atoms with Gasteiger partial charge in [-0.1, -0.05) is 51.8 Å². The molecule has 2 rings (SSSR count). The summed E-state index contributed by atoms with van der Waals surface area (Å²) in [6, 6.07) is 13.8. The van der Waals surface area contributed by atoms with Gasteiger partial charge in [0.15, 0.2) is 11.5 Å². The summed E-state index contributed by atoms with van der Waals surface area (Å²) in [6.07, 6.45) is 0.815. The molecule has 20 heavy (non-hydrogen) atoms. The highest BCUT2D eigenvalue weighted by atomic mass is 79.9. The Morgan fingerprint density at radius 3 is 2.40 bits per heavy atom. The lowest BCUT2D eigenvalue weighted by atomic mass is 10.0. The van der Waals surface area contributed by atoms with Crippen LogP contribution in [0.25, 0.3) is 0 Å². The van der Waals surface area contributed by atoms with Crippen molar-refractivity contribution in [2.75, 3.05) is 14.2 Å². The molecule has 0 aromatic heterocycles. The Balaban J connectivity index is 2.21. The molecule has 0 aliphatic heterocycles. The summed E-state index contributed by atoms with van der Waals surface area (Å²) in [4.78, 5) is 0.169.